The Balaban J connectivity index is 1.47. The molecule has 11 heteroatoms. The van der Waals surface area contributed by atoms with E-state index in [1.807, 2.05) is 35.2 Å². The molecule has 160 valence electrons. The highest BCUT2D eigenvalue weighted by molar-refractivity contribution is 7.87. The highest BCUT2D eigenvalue weighted by Gasteiger charge is 2.70. The van der Waals surface area contributed by atoms with Crippen LogP contribution in [-0.4, -0.2) is 65.7 Å². The van der Waals surface area contributed by atoms with Gasteiger partial charge in [0.2, 0.25) is 0 Å². The van der Waals surface area contributed by atoms with Crippen LogP contribution in [0.15, 0.2) is 42.5 Å². The third-order valence-electron chi connectivity index (χ3n) is 5.93. The van der Waals surface area contributed by atoms with Gasteiger partial charge in [0.25, 0.3) is 10.2 Å². The first-order chi connectivity index (χ1) is 14.3. The number of benzene rings is 1. The third-order valence-corrected chi connectivity index (χ3v) is 7.77. The van der Waals surface area contributed by atoms with Crippen molar-refractivity contribution in [2.45, 2.75) is 18.4 Å². The van der Waals surface area contributed by atoms with Gasteiger partial charge in [0, 0.05) is 32.1 Å². The van der Waals surface area contributed by atoms with E-state index in [-0.39, 0.29) is 24.2 Å². The van der Waals surface area contributed by atoms with E-state index in [1.54, 1.807) is 19.1 Å². The van der Waals surface area contributed by atoms with Crippen molar-refractivity contribution in [2.75, 3.05) is 31.1 Å². The standard InChI is InChI=1S/C19H22ClN5O4S/c1-13-17(14-5-3-2-4-6-14)19(13,18(26)27)23-30(28,29)25-11-9-24(10-12-25)16-8-7-15(20)21-22-16/h2-8,13,17,23H,9-12H2,1H3,(H,26,27)/t13-,17-,19+/m1/s1. The lowest BCUT2D eigenvalue weighted by atomic mass is 10.1. The quantitative estimate of drug-likeness (QED) is 0.680. The molecule has 1 saturated carbocycles. The molecule has 30 heavy (non-hydrogen) atoms. The van der Waals surface area contributed by atoms with Crippen molar-refractivity contribution in [3.8, 4) is 0 Å². The molecular formula is C19H22ClN5O4S. The van der Waals surface area contributed by atoms with Crippen molar-refractivity contribution in [3.05, 3.63) is 53.2 Å². The van der Waals surface area contributed by atoms with Gasteiger partial charge in [-0.1, -0.05) is 48.9 Å². The average molecular weight is 452 g/mol. The van der Waals surface area contributed by atoms with Gasteiger partial charge in [-0.05, 0) is 23.6 Å². The molecule has 2 N–H and O–H groups in total. The monoisotopic (exact) mass is 451 g/mol. The maximum atomic E-state index is 13.0. The lowest BCUT2D eigenvalue weighted by molar-refractivity contribution is -0.140. The number of halogens is 1. The van der Waals surface area contributed by atoms with E-state index in [2.05, 4.69) is 14.9 Å². The fourth-order valence-electron chi connectivity index (χ4n) is 4.21. The summed E-state index contributed by atoms with van der Waals surface area (Å²) >= 11 is 5.76. The summed E-state index contributed by atoms with van der Waals surface area (Å²) in [5.74, 6) is -1.33. The number of nitrogens with zero attached hydrogens (tertiary/aromatic N) is 4. The second kappa shape index (κ2) is 7.77. The number of hydrogen-bond acceptors (Lipinski definition) is 6. The number of rotatable bonds is 6. The number of carboxylic acids is 1. The summed E-state index contributed by atoms with van der Waals surface area (Å²) in [6.07, 6.45) is 0. The van der Waals surface area contributed by atoms with Crippen molar-refractivity contribution >= 4 is 33.6 Å². The summed E-state index contributed by atoms with van der Waals surface area (Å²) < 4.78 is 29.9. The second-order valence-electron chi connectivity index (χ2n) is 7.56. The van der Waals surface area contributed by atoms with Crippen LogP contribution in [0.4, 0.5) is 5.82 Å². The molecule has 2 fully saturated rings. The number of nitrogens with one attached hydrogen (secondary N) is 1. The predicted molar refractivity (Wildman–Crippen MR) is 112 cm³/mol. The Hall–Kier alpha value is -2.27. The molecule has 1 aromatic heterocycles. The maximum absolute atomic E-state index is 13.0. The van der Waals surface area contributed by atoms with Crippen LogP contribution in [0.25, 0.3) is 0 Å². The van der Waals surface area contributed by atoms with Gasteiger partial charge in [0.15, 0.2) is 11.0 Å². The van der Waals surface area contributed by atoms with Gasteiger partial charge >= 0.3 is 5.97 Å². The van der Waals surface area contributed by atoms with E-state index < -0.39 is 27.6 Å². The molecule has 2 aromatic rings. The molecule has 2 heterocycles. The summed E-state index contributed by atoms with van der Waals surface area (Å²) in [7, 11) is -3.99. The Bertz CT molecular complexity index is 1030. The van der Waals surface area contributed by atoms with Crippen molar-refractivity contribution in [3.63, 3.8) is 0 Å². The first-order valence-corrected chi connectivity index (χ1v) is 11.4. The van der Waals surface area contributed by atoms with E-state index in [4.69, 9.17) is 11.6 Å². The molecule has 0 radical (unpaired) electrons. The lowest BCUT2D eigenvalue weighted by Crippen LogP contribution is -2.56. The van der Waals surface area contributed by atoms with Crippen LogP contribution >= 0.6 is 11.6 Å². The zero-order chi connectivity index (χ0) is 21.5. The average Bonchev–Trinajstić information content (AvgIpc) is 3.33. The van der Waals surface area contributed by atoms with Crippen molar-refractivity contribution in [2.24, 2.45) is 5.92 Å². The summed E-state index contributed by atoms with van der Waals surface area (Å²) in [5, 5.41) is 18.0. The van der Waals surface area contributed by atoms with Crippen molar-refractivity contribution < 1.29 is 18.3 Å². The minimum atomic E-state index is -3.99. The highest BCUT2D eigenvalue weighted by Crippen LogP contribution is 2.57. The van der Waals surface area contributed by atoms with E-state index >= 15 is 0 Å². The summed E-state index contributed by atoms with van der Waals surface area (Å²) in [6, 6.07) is 12.5. The Kier molecular flexibility index (Phi) is 5.43. The van der Waals surface area contributed by atoms with Crippen molar-refractivity contribution in [1.82, 2.24) is 19.2 Å². The Labute approximate surface area is 179 Å². The molecule has 0 bridgehead atoms. The zero-order valence-electron chi connectivity index (χ0n) is 16.3. The summed E-state index contributed by atoms with van der Waals surface area (Å²) in [5.41, 5.74) is -0.736. The van der Waals surface area contributed by atoms with Crippen LogP contribution in [0.5, 0.6) is 0 Å². The second-order valence-corrected chi connectivity index (χ2v) is 9.62. The maximum Gasteiger partial charge on any atom is 0.325 e. The van der Waals surface area contributed by atoms with Crippen LogP contribution in [-0.2, 0) is 15.0 Å². The van der Waals surface area contributed by atoms with E-state index in [1.165, 1.54) is 4.31 Å². The van der Waals surface area contributed by atoms with E-state index in [0.717, 1.165) is 5.56 Å². The molecular weight excluding hydrogens is 430 g/mol. The normalized spacial score (nSPS) is 27.1. The lowest BCUT2D eigenvalue weighted by Gasteiger charge is -2.35. The molecule has 4 rings (SSSR count). The van der Waals surface area contributed by atoms with Gasteiger partial charge in [-0.25, -0.2) is 0 Å². The van der Waals surface area contributed by atoms with Gasteiger partial charge in [-0.15, -0.1) is 10.2 Å². The van der Waals surface area contributed by atoms with Crippen LogP contribution in [0.3, 0.4) is 0 Å². The van der Waals surface area contributed by atoms with Gasteiger partial charge in [-0.2, -0.15) is 17.4 Å². The number of aliphatic carboxylic acids is 1. The fraction of sp³-hybridized carbons (Fsp3) is 0.421. The van der Waals surface area contributed by atoms with Crippen molar-refractivity contribution in [1.29, 1.82) is 0 Å². The van der Waals surface area contributed by atoms with Crippen LogP contribution in [0.2, 0.25) is 5.15 Å². The zero-order valence-corrected chi connectivity index (χ0v) is 17.8. The fourth-order valence-corrected chi connectivity index (χ4v) is 5.91. The molecule has 1 aliphatic heterocycles. The smallest absolute Gasteiger partial charge is 0.325 e. The molecule has 1 aliphatic carbocycles. The first-order valence-electron chi connectivity index (χ1n) is 9.57. The molecule has 9 nitrogen and oxygen atoms in total. The predicted octanol–water partition coefficient (Wildman–Crippen LogP) is 1.34. The number of piperazine rings is 1. The molecule has 3 atom stereocenters. The van der Waals surface area contributed by atoms with Gasteiger partial charge < -0.3 is 10.0 Å². The largest absolute Gasteiger partial charge is 0.480 e. The van der Waals surface area contributed by atoms with Gasteiger partial charge in [0.05, 0.1) is 0 Å². The minimum absolute atomic E-state index is 0.208. The topological polar surface area (TPSA) is 116 Å². The third kappa shape index (κ3) is 3.64. The van der Waals surface area contributed by atoms with Crippen LogP contribution < -0.4 is 9.62 Å². The first kappa shape index (κ1) is 21.0. The highest BCUT2D eigenvalue weighted by atomic mass is 35.5. The SMILES string of the molecule is C[C@@H]1[C@H](c2ccccc2)[C@]1(NS(=O)(=O)N1CCN(c2ccc(Cl)nn2)CC1)C(=O)O. The summed E-state index contributed by atoms with van der Waals surface area (Å²) in [6.45, 7) is 2.99. The van der Waals surface area contributed by atoms with Gasteiger partial charge in [-0.3, -0.25) is 4.79 Å². The molecule has 2 aliphatic rings. The Morgan fingerprint density at radius 2 is 1.80 bits per heavy atom. The summed E-state index contributed by atoms with van der Waals surface area (Å²) in [4.78, 5) is 14.0. The molecule has 0 amide bonds. The van der Waals surface area contributed by atoms with E-state index in [9.17, 15) is 18.3 Å². The number of anilines is 1. The van der Waals surface area contributed by atoms with Crippen LogP contribution in [0.1, 0.15) is 18.4 Å². The number of aromatic nitrogens is 2. The Morgan fingerprint density at radius 3 is 2.37 bits per heavy atom. The number of carboxylic acid groups (broad SMARTS) is 1. The molecule has 1 aromatic carbocycles. The Morgan fingerprint density at radius 1 is 1.13 bits per heavy atom. The molecule has 0 unspecified atom stereocenters. The number of hydrogen-bond donors (Lipinski definition) is 2. The number of carbonyl (C=O) groups is 1. The van der Waals surface area contributed by atoms with Crippen LogP contribution in [0, 0.1) is 5.92 Å². The van der Waals surface area contributed by atoms with Gasteiger partial charge in [0.1, 0.15) is 5.54 Å². The minimum Gasteiger partial charge on any atom is -0.480 e. The van der Waals surface area contributed by atoms with E-state index in [0.29, 0.717) is 18.9 Å². The molecule has 1 saturated heterocycles. The molecule has 0 spiro atoms.